The molecule has 0 amide bonds. The van der Waals surface area contributed by atoms with Gasteiger partial charge in [-0.25, -0.2) is 14.4 Å². The molecule has 2 aromatic heterocycles. The molecule has 3 heterocycles. The summed E-state index contributed by atoms with van der Waals surface area (Å²) in [4.78, 5) is 9.52. The Morgan fingerprint density at radius 2 is 1.84 bits per heavy atom. The molecule has 31 heavy (non-hydrogen) atoms. The lowest BCUT2D eigenvalue weighted by Crippen LogP contribution is -2.02. The molecule has 0 fully saturated rings. The van der Waals surface area contributed by atoms with Crippen molar-refractivity contribution < 1.29 is 13.9 Å². The van der Waals surface area contributed by atoms with E-state index in [0.29, 0.717) is 23.1 Å². The molecule has 0 radical (unpaired) electrons. The van der Waals surface area contributed by atoms with Gasteiger partial charge in [0.15, 0.2) is 23.1 Å². The maximum Gasteiger partial charge on any atom is 0.231 e. The van der Waals surface area contributed by atoms with Crippen LogP contribution in [0, 0.1) is 5.82 Å². The SMILES string of the molecule is CCCc1nn(C)c2c(Nc3ccc4c(c3)OCO4)nc(-c3ccc(F)cc3)nc12.Cl. The van der Waals surface area contributed by atoms with E-state index in [-0.39, 0.29) is 25.0 Å². The van der Waals surface area contributed by atoms with Crippen LogP contribution in [-0.2, 0) is 13.5 Å². The van der Waals surface area contributed by atoms with Crippen LogP contribution in [0.15, 0.2) is 42.5 Å². The maximum absolute atomic E-state index is 13.4. The molecule has 9 heteroatoms. The first kappa shape index (κ1) is 20.9. The minimum absolute atomic E-state index is 0. The molecular weight excluding hydrogens is 421 g/mol. The van der Waals surface area contributed by atoms with Crippen LogP contribution in [0.3, 0.4) is 0 Å². The topological polar surface area (TPSA) is 74.1 Å². The largest absolute Gasteiger partial charge is 0.454 e. The normalized spacial score (nSPS) is 12.1. The van der Waals surface area contributed by atoms with Crippen LogP contribution in [0.4, 0.5) is 15.9 Å². The quantitative estimate of drug-likeness (QED) is 0.469. The number of aromatic nitrogens is 4. The molecule has 4 aromatic rings. The molecule has 0 spiro atoms. The molecule has 1 aliphatic rings. The number of hydrogen-bond donors (Lipinski definition) is 1. The van der Waals surface area contributed by atoms with Crippen molar-refractivity contribution in [2.75, 3.05) is 12.1 Å². The van der Waals surface area contributed by atoms with Gasteiger partial charge in [0.2, 0.25) is 6.79 Å². The van der Waals surface area contributed by atoms with Crippen molar-refractivity contribution in [3.63, 3.8) is 0 Å². The highest BCUT2D eigenvalue weighted by atomic mass is 35.5. The van der Waals surface area contributed by atoms with E-state index in [9.17, 15) is 4.39 Å². The molecular formula is C22H21ClFN5O2. The van der Waals surface area contributed by atoms with E-state index in [1.165, 1.54) is 12.1 Å². The molecule has 0 atom stereocenters. The smallest absolute Gasteiger partial charge is 0.231 e. The van der Waals surface area contributed by atoms with E-state index in [0.717, 1.165) is 40.8 Å². The Balaban J connectivity index is 0.00000231. The number of ether oxygens (including phenoxy) is 2. The van der Waals surface area contributed by atoms with Gasteiger partial charge in [0, 0.05) is 24.4 Å². The predicted molar refractivity (Wildman–Crippen MR) is 119 cm³/mol. The third-order valence-corrected chi connectivity index (χ3v) is 4.98. The van der Waals surface area contributed by atoms with Crippen LogP contribution < -0.4 is 14.8 Å². The number of halogens is 2. The fourth-order valence-corrected chi connectivity index (χ4v) is 3.57. The number of rotatable bonds is 5. The van der Waals surface area contributed by atoms with Gasteiger partial charge in [0.1, 0.15) is 16.9 Å². The zero-order valence-corrected chi connectivity index (χ0v) is 17.9. The van der Waals surface area contributed by atoms with Gasteiger partial charge in [-0.3, -0.25) is 4.68 Å². The van der Waals surface area contributed by atoms with Gasteiger partial charge in [-0.05, 0) is 42.8 Å². The van der Waals surface area contributed by atoms with Crippen LogP contribution in [0.1, 0.15) is 19.0 Å². The molecule has 0 unspecified atom stereocenters. The fraction of sp³-hybridized carbons (Fsp3) is 0.227. The summed E-state index contributed by atoms with van der Waals surface area (Å²) in [5, 5.41) is 8.03. The monoisotopic (exact) mass is 441 g/mol. The second kappa shape index (κ2) is 8.39. The van der Waals surface area contributed by atoms with E-state index in [2.05, 4.69) is 17.3 Å². The van der Waals surface area contributed by atoms with E-state index < -0.39 is 0 Å². The summed E-state index contributed by atoms with van der Waals surface area (Å²) in [6.45, 7) is 2.32. The summed E-state index contributed by atoms with van der Waals surface area (Å²) in [5.74, 6) is 2.23. The third-order valence-electron chi connectivity index (χ3n) is 4.98. The molecule has 0 saturated heterocycles. The lowest BCUT2D eigenvalue weighted by atomic mass is 10.2. The highest BCUT2D eigenvalue weighted by Crippen LogP contribution is 2.36. The van der Waals surface area contributed by atoms with Crippen LogP contribution in [0.25, 0.3) is 22.4 Å². The van der Waals surface area contributed by atoms with Crippen molar-refractivity contribution in [1.82, 2.24) is 19.7 Å². The summed E-state index contributed by atoms with van der Waals surface area (Å²) in [6.07, 6.45) is 1.76. The minimum Gasteiger partial charge on any atom is -0.454 e. The number of nitrogens with zero attached hydrogens (tertiary/aromatic N) is 4. The van der Waals surface area contributed by atoms with Crippen LogP contribution >= 0.6 is 12.4 Å². The number of aryl methyl sites for hydroxylation is 2. The van der Waals surface area contributed by atoms with Crippen molar-refractivity contribution in [2.45, 2.75) is 19.8 Å². The number of nitrogens with one attached hydrogen (secondary N) is 1. The van der Waals surface area contributed by atoms with Crippen molar-refractivity contribution in [2.24, 2.45) is 7.05 Å². The van der Waals surface area contributed by atoms with Crippen molar-refractivity contribution in [3.8, 4) is 22.9 Å². The van der Waals surface area contributed by atoms with Gasteiger partial charge in [-0.2, -0.15) is 5.10 Å². The predicted octanol–water partition coefficient (Wildman–Crippen LogP) is 5.02. The highest BCUT2D eigenvalue weighted by molar-refractivity contribution is 5.91. The molecule has 2 aromatic carbocycles. The third kappa shape index (κ3) is 3.86. The zero-order valence-electron chi connectivity index (χ0n) is 17.1. The average molecular weight is 442 g/mol. The van der Waals surface area contributed by atoms with Crippen LogP contribution in [0.2, 0.25) is 0 Å². The number of hydrogen-bond acceptors (Lipinski definition) is 6. The zero-order chi connectivity index (χ0) is 20.7. The highest BCUT2D eigenvalue weighted by Gasteiger charge is 2.19. The first-order valence-corrected chi connectivity index (χ1v) is 9.78. The minimum atomic E-state index is -0.299. The Morgan fingerprint density at radius 1 is 1.06 bits per heavy atom. The number of fused-ring (bicyclic) bond motifs is 2. The molecule has 160 valence electrons. The molecule has 0 saturated carbocycles. The lowest BCUT2D eigenvalue weighted by molar-refractivity contribution is 0.174. The molecule has 1 N–H and O–H groups in total. The first-order chi connectivity index (χ1) is 14.6. The van der Waals surface area contributed by atoms with Gasteiger partial charge in [0.25, 0.3) is 0 Å². The van der Waals surface area contributed by atoms with Gasteiger partial charge >= 0.3 is 0 Å². The molecule has 7 nitrogen and oxygen atoms in total. The Labute approximate surface area is 184 Å². The van der Waals surface area contributed by atoms with E-state index >= 15 is 0 Å². The van der Waals surface area contributed by atoms with Gasteiger partial charge < -0.3 is 14.8 Å². The van der Waals surface area contributed by atoms with Gasteiger partial charge in [-0.15, -0.1) is 12.4 Å². The first-order valence-electron chi connectivity index (χ1n) is 9.78. The molecule has 5 rings (SSSR count). The summed E-state index contributed by atoms with van der Waals surface area (Å²) in [7, 11) is 1.88. The fourth-order valence-electron chi connectivity index (χ4n) is 3.57. The van der Waals surface area contributed by atoms with Crippen molar-refractivity contribution in [3.05, 3.63) is 54.0 Å². The average Bonchev–Trinajstić information content (AvgIpc) is 3.33. The Kier molecular flexibility index (Phi) is 5.65. The molecule has 0 aliphatic carbocycles. The summed E-state index contributed by atoms with van der Waals surface area (Å²) in [5.41, 5.74) is 4.05. The van der Waals surface area contributed by atoms with E-state index in [1.54, 1.807) is 16.8 Å². The summed E-state index contributed by atoms with van der Waals surface area (Å²) in [6, 6.07) is 11.8. The second-order valence-electron chi connectivity index (χ2n) is 7.11. The standard InChI is InChI=1S/C22H20FN5O2.ClH/c1-3-4-16-19-20(28(2)27-16)22(24-15-9-10-17-18(11-15)30-12-29-17)26-21(25-19)13-5-7-14(23)8-6-13;/h5-11H,3-4,12H2,1-2H3,(H,24,25,26);1H. The Hall–Kier alpha value is -3.39. The maximum atomic E-state index is 13.4. The molecule has 1 aliphatic heterocycles. The van der Waals surface area contributed by atoms with Crippen LogP contribution in [0.5, 0.6) is 11.5 Å². The summed E-state index contributed by atoms with van der Waals surface area (Å²) >= 11 is 0. The second-order valence-corrected chi connectivity index (χ2v) is 7.11. The van der Waals surface area contributed by atoms with E-state index in [4.69, 9.17) is 19.4 Å². The van der Waals surface area contributed by atoms with Crippen molar-refractivity contribution >= 4 is 34.9 Å². The number of anilines is 2. The van der Waals surface area contributed by atoms with Gasteiger partial charge in [0.05, 0.1) is 5.69 Å². The van der Waals surface area contributed by atoms with Gasteiger partial charge in [-0.1, -0.05) is 13.3 Å². The summed E-state index contributed by atoms with van der Waals surface area (Å²) < 4.78 is 26.1. The molecule has 0 bridgehead atoms. The Bertz CT molecular complexity index is 1240. The van der Waals surface area contributed by atoms with Crippen LogP contribution in [-0.4, -0.2) is 26.5 Å². The lowest BCUT2D eigenvalue weighted by Gasteiger charge is -2.11. The van der Waals surface area contributed by atoms with E-state index in [1.807, 2.05) is 25.2 Å². The van der Waals surface area contributed by atoms with Crippen molar-refractivity contribution in [1.29, 1.82) is 0 Å². The number of benzene rings is 2. The Morgan fingerprint density at radius 3 is 2.61 bits per heavy atom.